The van der Waals surface area contributed by atoms with Crippen LogP contribution in [-0.4, -0.2) is 29.4 Å². The van der Waals surface area contributed by atoms with Gasteiger partial charge in [0.1, 0.15) is 5.76 Å². The molecule has 0 aromatic carbocycles. The van der Waals surface area contributed by atoms with E-state index >= 15 is 0 Å². The highest BCUT2D eigenvalue weighted by Crippen LogP contribution is 2.14. The van der Waals surface area contributed by atoms with Gasteiger partial charge in [-0.3, -0.25) is 4.79 Å². The van der Waals surface area contributed by atoms with E-state index in [4.69, 9.17) is 4.42 Å². The van der Waals surface area contributed by atoms with Gasteiger partial charge in [-0.25, -0.2) is 0 Å². The predicted octanol–water partition coefficient (Wildman–Crippen LogP) is 0.990. The van der Waals surface area contributed by atoms with Crippen LogP contribution < -0.4 is 5.32 Å². The van der Waals surface area contributed by atoms with Gasteiger partial charge in [0, 0.05) is 12.1 Å². The highest BCUT2D eigenvalue weighted by Gasteiger charge is 2.30. The molecule has 1 aliphatic heterocycles. The lowest BCUT2D eigenvalue weighted by atomic mass is 10.0. The van der Waals surface area contributed by atoms with Crippen LogP contribution in [0.25, 0.3) is 0 Å². The van der Waals surface area contributed by atoms with E-state index in [1.807, 2.05) is 17.0 Å². The predicted molar refractivity (Wildman–Crippen MR) is 56.2 cm³/mol. The van der Waals surface area contributed by atoms with Crippen molar-refractivity contribution < 1.29 is 9.21 Å². The third kappa shape index (κ3) is 2.39. The first-order valence-electron chi connectivity index (χ1n) is 5.12. The fourth-order valence-corrected chi connectivity index (χ4v) is 1.78. The topological polar surface area (TPSA) is 45.5 Å². The van der Waals surface area contributed by atoms with Crippen molar-refractivity contribution in [1.29, 1.82) is 0 Å². The number of piperazine rings is 1. The fourth-order valence-electron chi connectivity index (χ4n) is 1.78. The summed E-state index contributed by atoms with van der Waals surface area (Å²) in [7, 11) is 0. The monoisotopic (exact) mass is 208 g/mol. The summed E-state index contributed by atoms with van der Waals surface area (Å²) in [6.45, 7) is 5.88. The Kier molecular flexibility index (Phi) is 2.52. The van der Waals surface area contributed by atoms with E-state index in [0.717, 1.165) is 5.76 Å². The van der Waals surface area contributed by atoms with Crippen LogP contribution in [0, 0.1) is 0 Å². The zero-order valence-electron chi connectivity index (χ0n) is 9.12. The van der Waals surface area contributed by atoms with Crippen LogP contribution in [-0.2, 0) is 11.3 Å². The molecule has 82 valence electrons. The van der Waals surface area contributed by atoms with Crippen molar-refractivity contribution in [2.24, 2.45) is 0 Å². The van der Waals surface area contributed by atoms with Crippen molar-refractivity contribution in [3.63, 3.8) is 0 Å². The van der Waals surface area contributed by atoms with E-state index in [9.17, 15) is 4.79 Å². The zero-order valence-corrected chi connectivity index (χ0v) is 9.12. The number of furan rings is 1. The summed E-state index contributed by atoms with van der Waals surface area (Å²) < 4.78 is 5.24. The molecule has 0 atom stereocenters. The summed E-state index contributed by atoms with van der Waals surface area (Å²) in [6.07, 6.45) is 1.63. The lowest BCUT2D eigenvalue weighted by molar-refractivity contribution is -0.135. The molecule has 1 aromatic rings. The summed E-state index contributed by atoms with van der Waals surface area (Å²) in [5.41, 5.74) is -0.0134. The first-order chi connectivity index (χ1) is 7.07. The average molecular weight is 208 g/mol. The number of carbonyl (C=O) groups excluding carboxylic acids is 1. The van der Waals surface area contributed by atoms with Gasteiger partial charge in [-0.05, 0) is 26.0 Å². The smallest absolute Gasteiger partial charge is 0.237 e. The maximum atomic E-state index is 11.6. The van der Waals surface area contributed by atoms with E-state index in [-0.39, 0.29) is 11.4 Å². The van der Waals surface area contributed by atoms with Gasteiger partial charge in [-0.1, -0.05) is 0 Å². The van der Waals surface area contributed by atoms with Gasteiger partial charge in [0.2, 0.25) is 5.91 Å². The van der Waals surface area contributed by atoms with E-state index in [1.54, 1.807) is 6.26 Å². The highest BCUT2D eigenvalue weighted by atomic mass is 16.3. The van der Waals surface area contributed by atoms with Gasteiger partial charge < -0.3 is 14.6 Å². The number of hydrogen-bond donors (Lipinski definition) is 1. The van der Waals surface area contributed by atoms with Crippen molar-refractivity contribution in [2.75, 3.05) is 13.1 Å². The van der Waals surface area contributed by atoms with Gasteiger partial charge in [0.05, 0.1) is 19.4 Å². The van der Waals surface area contributed by atoms with Crippen LogP contribution in [0.5, 0.6) is 0 Å². The number of nitrogens with one attached hydrogen (secondary N) is 1. The van der Waals surface area contributed by atoms with Gasteiger partial charge in [-0.15, -0.1) is 0 Å². The molecule has 0 unspecified atom stereocenters. The maximum Gasteiger partial charge on any atom is 0.237 e. The second-order valence-corrected chi connectivity index (χ2v) is 4.57. The summed E-state index contributed by atoms with van der Waals surface area (Å²) in [5.74, 6) is 0.965. The molecule has 1 aliphatic rings. The molecular formula is C11H16N2O2. The molecule has 4 nitrogen and oxygen atoms in total. The van der Waals surface area contributed by atoms with Crippen LogP contribution in [0.4, 0.5) is 0 Å². The molecular weight excluding hydrogens is 192 g/mol. The Morgan fingerprint density at radius 3 is 3.07 bits per heavy atom. The Hall–Kier alpha value is -1.29. The molecule has 2 heterocycles. The summed E-state index contributed by atoms with van der Waals surface area (Å²) in [6, 6.07) is 3.73. The Balaban J connectivity index is 2.04. The van der Waals surface area contributed by atoms with E-state index in [2.05, 4.69) is 19.2 Å². The van der Waals surface area contributed by atoms with E-state index < -0.39 is 0 Å². The van der Waals surface area contributed by atoms with Gasteiger partial charge in [-0.2, -0.15) is 0 Å². The molecule has 0 aliphatic carbocycles. The molecule has 0 bridgehead atoms. The Labute approximate surface area is 89.2 Å². The average Bonchev–Trinajstić information content (AvgIpc) is 2.64. The quantitative estimate of drug-likeness (QED) is 0.788. The largest absolute Gasteiger partial charge is 0.467 e. The number of hydrogen-bond acceptors (Lipinski definition) is 3. The van der Waals surface area contributed by atoms with Crippen molar-refractivity contribution >= 4 is 5.91 Å². The molecule has 1 N–H and O–H groups in total. The van der Waals surface area contributed by atoms with Crippen LogP contribution in [0.15, 0.2) is 22.8 Å². The lowest BCUT2D eigenvalue weighted by Gasteiger charge is -2.38. The number of rotatable bonds is 2. The minimum Gasteiger partial charge on any atom is -0.467 e. The van der Waals surface area contributed by atoms with Gasteiger partial charge in [0.25, 0.3) is 0 Å². The molecule has 15 heavy (non-hydrogen) atoms. The van der Waals surface area contributed by atoms with Crippen molar-refractivity contribution in [2.45, 2.75) is 25.9 Å². The molecule has 1 fully saturated rings. The summed E-state index contributed by atoms with van der Waals surface area (Å²) in [4.78, 5) is 13.5. The van der Waals surface area contributed by atoms with Gasteiger partial charge in [0.15, 0.2) is 0 Å². The molecule has 0 saturated carbocycles. The first kappa shape index (κ1) is 10.2. The first-order valence-corrected chi connectivity index (χ1v) is 5.12. The Bertz CT molecular complexity index is 343. The molecule has 0 radical (unpaired) electrons. The molecule has 1 amide bonds. The Morgan fingerprint density at radius 2 is 2.40 bits per heavy atom. The van der Waals surface area contributed by atoms with Crippen molar-refractivity contribution in [3.05, 3.63) is 24.2 Å². The van der Waals surface area contributed by atoms with Crippen LogP contribution in [0.3, 0.4) is 0 Å². The number of amides is 1. The Morgan fingerprint density at radius 1 is 1.60 bits per heavy atom. The second-order valence-electron chi connectivity index (χ2n) is 4.57. The van der Waals surface area contributed by atoms with Crippen LogP contribution in [0.1, 0.15) is 19.6 Å². The summed E-state index contributed by atoms with van der Waals surface area (Å²) >= 11 is 0. The minimum absolute atomic E-state index is 0.0134. The number of carbonyl (C=O) groups is 1. The second kappa shape index (κ2) is 3.70. The lowest BCUT2D eigenvalue weighted by Crippen LogP contribution is -2.59. The molecule has 2 rings (SSSR count). The number of nitrogens with zero attached hydrogens (tertiary/aromatic N) is 1. The highest BCUT2D eigenvalue weighted by molar-refractivity contribution is 5.79. The molecule has 0 spiro atoms. The third-order valence-electron chi connectivity index (χ3n) is 2.58. The fraction of sp³-hybridized carbons (Fsp3) is 0.545. The van der Waals surface area contributed by atoms with E-state index in [1.165, 1.54) is 0 Å². The van der Waals surface area contributed by atoms with E-state index in [0.29, 0.717) is 19.6 Å². The van der Waals surface area contributed by atoms with Crippen molar-refractivity contribution in [1.82, 2.24) is 10.2 Å². The third-order valence-corrected chi connectivity index (χ3v) is 2.58. The molecule has 4 heteroatoms. The molecule has 1 saturated heterocycles. The maximum absolute atomic E-state index is 11.6. The normalized spacial score (nSPS) is 20.7. The van der Waals surface area contributed by atoms with Gasteiger partial charge >= 0.3 is 0 Å². The summed E-state index contributed by atoms with van der Waals surface area (Å²) in [5, 5.41) is 3.20. The van der Waals surface area contributed by atoms with Crippen LogP contribution >= 0.6 is 0 Å². The standard InChI is InChI=1S/C11H16N2O2/c1-11(2)8-13(10(14)6-12-11)7-9-4-3-5-15-9/h3-5,12H,6-8H2,1-2H3. The SMILES string of the molecule is CC1(C)CN(Cc2ccco2)C(=O)CN1. The van der Waals surface area contributed by atoms with Crippen LogP contribution in [0.2, 0.25) is 0 Å². The minimum atomic E-state index is -0.0134. The zero-order chi connectivity index (χ0) is 10.9. The molecule has 1 aromatic heterocycles. The van der Waals surface area contributed by atoms with Crippen molar-refractivity contribution in [3.8, 4) is 0 Å².